The monoisotopic (exact) mass is 257 g/mol. The largest absolute Gasteiger partial charge is 0.457 e. The maximum atomic E-state index is 11.5. The van der Waals surface area contributed by atoms with Gasteiger partial charge in [-0.3, -0.25) is 9.78 Å². The molecule has 0 spiro atoms. The molecule has 0 aliphatic rings. The lowest BCUT2D eigenvalue weighted by molar-refractivity contribution is 0.0958. The van der Waals surface area contributed by atoms with Gasteiger partial charge in [-0.2, -0.15) is 0 Å². The van der Waals surface area contributed by atoms with Gasteiger partial charge in [0.1, 0.15) is 17.2 Å². The van der Waals surface area contributed by atoms with Crippen LogP contribution in [0.5, 0.6) is 11.5 Å². The molecule has 2 aromatic rings. The number of hydrogen-bond donors (Lipinski definition) is 2. The number of nitrogens with one attached hydrogen (secondary N) is 1. The van der Waals surface area contributed by atoms with Crippen molar-refractivity contribution in [2.24, 2.45) is 5.73 Å². The maximum Gasteiger partial charge on any atom is 0.269 e. The zero-order chi connectivity index (χ0) is 13.7. The summed E-state index contributed by atoms with van der Waals surface area (Å²) in [5.41, 5.74) is 6.86. The van der Waals surface area contributed by atoms with E-state index in [4.69, 9.17) is 10.5 Å². The zero-order valence-electron chi connectivity index (χ0n) is 10.6. The average Bonchev–Trinajstić information content (AvgIpc) is 2.47. The first-order valence-corrected chi connectivity index (χ1v) is 5.88. The minimum atomic E-state index is -0.252. The zero-order valence-corrected chi connectivity index (χ0v) is 10.6. The number of carbonyl (C=O) groups is 1. The van der Waals surface area contributed by atoms with Crippen molar-refractivity contribution in [2.45, 2.75) is 6.54 Å². The molecule has 3 N–H and O–H groups in total. The normalized spacial score (nSPS) is 10.0. The standard InChI is InChI=1S/C14H15N3O2/c1-16-14(18)12-8-11(6-7-17-12)19-13-5-3-2-4-10(13)9-15/h2-8H,9,15H2,1H3,(H,16,18). The molecule has 5 nitrogen and oxygen atoms in total. The van der Waals surface area contributed by atoms with Crippen LogP contribution in [-0.2, 0) is 6.54 Å². The molecule has 0 fully saturated rings. The smallest absolute Gasteiger partial charge is 0.269 e. The topological polar surface area (TPSA) is 77.2 Å². The Balaban J connectivity index is 2.26. The molecule has 0 unspecified atom stereocenters. The molecular weight excluding hydrogens is 242 g/mol. The summed E-state index contributed by atoms with van der Waals surface area (Å²) in [5.74, 6) is 0.978. The van der Waals surface area contributed by atoms with Gasteiger partial charge in [0.25, 0.3) is 5.91 Å². The third kappa shape index (κ3) is 3.08. The highest BCUT2D eigenvalue weighted by Gasteiger charge is 2.08. The van der Waals surface area contributed by atoms with Gasteiger partial charge < -0.3 is 15.8 Å². The third-order valence-corrected chi connectivity index (χ3v) is 2.61. The molecule has 98 valence electrons. The van der Waals surface area contributed by atoms with E-state index in [1.165, 1.54) is 6.20 Å². The number of rotatable bonds is 4. The van der Waals surface area contributed by atoms with E-state index in [9.17, 15) is 4.79 Å². The Morgan fingerprint density at radius 2 is 2.16 bits per heavy atom. The Bertz CT molecular complexity index is 584. The van der Waals surface area contributed by atoms with Crippen LogP contribution in [0, 0.1) is 0 Å². The van der Waals surface area contributed by atoms with Gasteiger partial charge in [0.15, 0.2) is 0 Å². The molecule has 2 rings (SSSR count). The highest BCUT2D eigenvalue weighted by Crippen LogP contribution is 2.24. The van der Waals surface area contributed by atoms with Gasteiger partial charge in [0.2, 0.25) is 0 Å². The Kier molecular flexibility index (Phi) is 4.10. The molecule has 0 bridgehead atoms. The van der Waals surface area contributed by atoms with Crippen LogP contribution in [0.3, 0.4) is 0 Å². The molecule has 5 heteroatoms. The number of pyridine rings is 1. The Hall–Kier alpha value is -2.40. The summed E-state index contributed by atoms with van der Waals surface area (Å²) in [6, 6.07) is 10.8. The number of ether oxygens (including phenoxy) is 1. The Morgan fingerprint density at radius 3 is 2.89 bits per heavy atom. The fourth-order valence-electron chi connectivity index (χ4n) is 1.63. The lowest BCUT2D eigenvalue weighted by Crippen LogP contribution is -2.18. The first-order chi connectivity index (χ1) is 9.24. The average molecular weight is 257 g/mol. The van der Waals surface area contributed by atoms with E-state index in [0.717, 1.165) is 5.56 Å². The van der Waals surface area contributed by atoms with E-state index in [2.05, 4.69) is 10.3 Å². The lowest BCUT2D eigenvalue weighted by atomic mass is 10.2. The summed E-state index contributed by atoms with van der Waals surface area (Å²) < 4.78 is 5.74. The molecule has 0 saturated carbocycles. The Morgan fingerprint density at radius 1 is 1.37 bits per heavy atom. The fourth-order valence-corrected chi connectivity index (χ4v) is 1.63. The van der Waals surface area contributed by atoms with Crippen LogP contribution in [0.25, 0.3) is 0 Å². The van der Waals surface area contributed by atoms with E-state index in [1.807, 2.05) is 24.3 Å². The molecule has 1 aromatic heterocycles. The van der Waals surface area contributed by atoms with Gasteiger partial charge in [-0.25, -0.2) is 0 Å². The molecule has 19 heavy (non-hydrogen) atoms. The summed E-state index contributed by atoms with van der Waals surface area (Å²) in [6.45, 7) is 0.392. The van der Waals surface area contributed by atoms with Crippen LogP contribution in [0.4, 0.5) is 0 Å². The fraction of sp³-hybridized carbons (Fsp3) is 0.143. The van der Waals surface area contributed by atoms with Crippen LogP contribution in [0.2, 0.25) is 0 Å². The molecule has 1 amide bonds. The van der Waals surface area contributed by atoms with Gasteiger partial charge in [-0.15, -0.1) is 0 Å². The maximum absolute atomic E-state index is 11.5. The summed E-state index contributed by atoms with van der Waals surface area (Å²) in [4.78, 5) is 15.5. The van der Waals surface area contributed by atoms with Crippen molar-refractivity contribution in [1.82, 2.24) is 10.3 Å². The SMILES string of the molecule is CNC(=O)c1cc(Oc2ccccc2CN)ccn1. The molecule has 0 atom stereocenters. The minimum absolute atomic E-state index is 0.252. The second kappa shape index (κ2) is 5.97. The molecule has 1 aromatic carbocycles. The van der Waals surface area contributed by atoms with Crippen molar-refractivity contribution in [3.63, 3.8) is 0 Å². The van der Waals surface area contributed by atoms with E-state index in [1.54, 1.807) is 19.2 Å². The van der Waals surface area contributed by atoms with Crippen LogP contribution >= 0.6 is 0 Å². The van der Waals surface area contributed by atoms with E-state index < -0.39 is 0 Å². The van der Waals surface area contributed by atoms with E-state index in [0.29, 0.717) is 23.7 Å². The van der Waals surface area contributed by atoms with Crippen LogP contribution in [0.1, 0.15) is 16.1 Å². The van der Waals surface area contributed by atoms with Crippen LogP contribution < -0.4 is 15.8 Å². The van der Waals surface area contributed by atoms with Crippen molar-refractivity contribution in [1.29, 1.82) is 0 Å². The summed E-state index contributed by atoms with van der Waals surface area (Å²) in [6.07, 6.45) is 1.53. The van der Waals surface area contributed by atoms with Crippen molar-refractivity contribution in [3.05, 3.63) is 53.9 Å². The van der Waals surface area contributed by atoms with Gasteiger partial charge >= 0.3 is 0 Å². The van der Waals surface area contributed by atoms with E-state index in [-0.39, 0.29) is 5.91 Å². The summed E-state index contributed by atoms with van der Waals surface area (Å²) in [5, 5.41) is 2.52. The third-order valence-electron chi connectivity index (χ3n) is 2.61. The number of aromatic nitrogens is 1. The molecule has 0 saturated heterocycles. The quantitative estimate of drug-likeness (QED) is 0.873. The lowest BCUT2D eigenvalue weighted by Gasteiger charge is -2.10. The predicted molar refractivity (Wildman–Crippen MR) is 72.0 cm³/mol. The molecule has 0 radical (unpaired) electrons. The highest BCUT2D eigenvalue weighted by molar-refractivity contribution is 5.92. The van der Waals surface area contributed by atoms with Gasteiger partial charge in [0, 0.05) is 31.4 Å². The number of para-hydroxylation sites is 1. The molecular formula is C14H15N3O2. The number of carbonyl (C=O) groups excluding carboxylic acids is 1. The van der Waals surface area contributed by atoms with Gasteiger partial charge in [-0.05, 0) is 12.1 Å². The number of nitrogens with zero attached hydrogens (tertiary/aromatic N) is 1. The number of nitrogens with two attached hydrogens (primary N) is 1. The molecule has 0 aliphatic heterocycles. The van der Waals surface area contributed by atoms with Crippen LogP contribution in [-0.4, -0.2) is 17.9 Å². The summed E-state index contributed by atoms with van der Waals surface area (Å²) >= 11 is 0. The van der Waals surface area contributed by atoms with Crippen molar-refractivity contribution in [3.8, 4) is 11.5 Å². The minimum Gasteiger partial charge on any atom is -0.457 e. The highest BCUT2D eigenvalue weighted by atomic mass is 16.5. The number of amides is 1. The Labute approximate surface area is 111 Å². The molecule has 0 aliphatic carbocycles. The van der Waals surface area contributed by atoms with Crippen molar-refractivity contribution < 1.29 is 9.53 Å². The van der Waals surface area contributed by atoms with Gasteiger partial charge in [0.05, 0.1) is 0 Å². The molecule has 1 heterocycles. The predicted octanol–water partition coefficient (Wildman–Crippen LogP) is 1.69. The van der Waals surface area contributed by atoms with E-state index >= 15 is 0 Å². The first-order valence-electron chi connectivity index (χ1n) is 5.88. The van der Waals surface area contributed by atoms with Gasteiger partial charge in [-0.1, -0.05) is 18.2 Å². The first kappa shape index (κ1) is 13.0. The second-order valence-electron chi connectivity index (χ2n) is 3.87. The van der Waals surface area contributed by atoms with Crippen molar-refractivity contribution in [2.75, 3.05) is 7.05 Å². The second-order valence-corrected chi connectivity index (χ2v) is 3.87. The number of hydrogen-bond acceptors (Lipinski definition) is 4. The number of benzene rings is 1. The summed E-state index contributed by atoms with van der Waals surface area (Å²) in [7, 11) is 1.56. The van der Waals surface area contributed by atoms with Crippen molar-refractivity contribution >= 4 is 5.91 Å². The van der Waals surface area contributed by atoms with Crippen LogP contribution in [0.15, 0.2) is 42.6 Å².